The van der Waals surface area contributed by atoms with Crippen LogP contribution in [0.5, 0.6) is 0 Å². The quantitative estimate of drug-likeness (QED) is 0.659. The van der Waals surface area contributed by atoms with E-state index in [1.54, 1.807) is 7.11 Å². The summed E-state index contributed by atoms with van der Waals surface area (Å²) in [6.45, 7) is 9.43. The van der Waals surface area contributed by atoms with Crippen LogP contribution in [0.1, 0.15) is 40.5 Å². The lowest BCUT2D eigenvalue weighted by molar-refractivity contribution is 0.0191. The standard InChI is InChI=1S/C11H25NO2/c1-6-11(13,7-2)8-12-10(3,4)9-14-5/h12-13H,6-9H2,1-5H3. The number of aliphatic hydroxyl groups is 1. The Balaban J connectivity index is 4.02. The highest BCUT2D eigenvalue weighted by atomic mass is 16.5. The van der Waals surface area contributed by atoms with Gasteiger partial charge in [0.2, 0.25) is 0 Å². The van der Waals surface area contributed by atoms with Gasteiger partial charge in [-0.05, 0) is 26.7 Å². The predicted octanol–water partition coefficient (Wildman–Crippen LogP) is 1.55. The zero-order chi connectivity index (χ0) is 11.2. The maximum atomic E-state index is 10.1. The SMILES string of the molecule is CCC(O)(CC)CNC(C)(C)COC. The molecule has 0 aliphatic rings. The van der Waals surface area contributed by atoms with Crippen molar-refractivity contribution in [1.29, 1.82) is 0 Å². The van der Waals surface area contributed by atoms with Crippen molar-refractivity contribution >= 4 is 0 Å². The van der Waals surface area contributed by atoms with Gasteiger partial charge in [-0.25, -0.2) is 0 Å². The summed E-state index contributed by atoms with van der Waals surface area (Å²) in [5.41, 5.74) is -0.655. The van der Waals surface area contributed by atoms with Crippen LogP contribution in [0.3, 0.4) is 0 Å². The molecule has 0 fully saturated rings. The Labute approximate surface area is 87.8 Å². The predicted molar refractivity (Wildman–Crippen MR) is 59.5 cm³/mol. The number of hydrogen-bond acceptors (Lipinski definition) is 3. The molecule has 3 nitrogen and oxygen atoms in total. The Kier molecular flexibility index (Phi) is 5.64. The zero-order valence-electron chi connectivity index (χ0n) is 10.2. The van der Waals surface area contributed by atoms with Gasteiger partial charge in [-0.2, -0.15) is 0 Å². The van der Waals surface area contributed by atoms with Crippen LogP contribution in [0.2, 0.25) is 0 Å². The van der Waals surface area contributed by atoms with E-state index in [9.17, 15) is 5.11 Å². The van der Waals surface area contributed by atoms with Crippen LogP contribution in [0.4, 0.5) is 0 Å². The van der Waals surface area contributed by atoms with E-state index in [0.29, 0.717) is 13.2 Å². The molecule has 0 radical (unpaired) electrons. The lowest BCUT2D eigenvalue weighted by Crippen LogP contribution is -2.50. The molecule has 0 heterocycles. The molecule has 0 aromatic heterocycles. The van der Waals surface area contributed by atoms with E-state index < -0.39 is 5.60 Å². The van der Waals surface area contributed by atoms with E-state index >= 15 is 0 Å². The van der Waals surface area contributed by atoms with Crippen molar-refractivity contribution in [3.8, 4) is 0 Å². The summed E-state index contributed by atoms with van der Waals surface area (Å²) >= 11 is 0. The highest BCUT2D eigenvalue weighted by Gasteiger charge is 2.26. The van der Waals surface area contributed by atoms with Crippen LogP contribution in [0.25, 0.3) is 0 Å². The van der Waals surface area contributed by atoms with Crippen LogP contribution in [0.15, 0.2) is 0 Å². The number of rotatable bonds is 7. The minimum absolute atomic E-state index is 0.0763. The molecule has 0 aliphatic heterocycles. The lowest BCUT2D eigenvalue weighted by atomic mass is 9.95. The smallest absolute Gasteiger partial charge is 0.0766 e. The summed E-state index contributed by atoms with van der Waals surface area (Å²) < 4.78 is 5.09. The normalized spacial score (nSPS) is 13.3. The largest absolute Gasteiger partial charge is 0.389 e. The van der Waals surface area contributed by atoms with E-state index in [1.807, 2.05) is 13.8 Å². The second kappa shape index (κ2) is 5.69. The monoisotopic (exact) mass is 203 g/mol. The van der Waals surface area contributed by atoms with Gasteiger partial charge in [0.1, 0.15) is 0 Å². The van der Waals surface area contributed by atoms with Gasteiger partial charge in [0.15, 0.2) is 0 Å². The first kappa shape index (κ1) is 13.9. The van der Waals surface area contributed by atoms with E-state index in [2.05, 4.69) is 19.2 Å². The minimum Gasteiger partial charge on any atom is -0.389 e. The van der Waals surface area contributed by atoms with Crippen molar-refractivity contribution in [3.63, 3.8) is 0 Å². The average Bonchev–Trinajstić information content (AvgIpc) is 2.14. The van der Waals surface area contributed by atoms with Gasteiger partial charge in [0.05, 0.1) is 12.2 Å². The minimum atomic E-state index is -0.578. The first-order chi connectivity index (χ1) is 6.39. The number of methoxy groups -OCH3 is 1. The highest BCUT2D eigenvalue weighted by molar-refractivity contribution is 4.84. The third kappa shape index (κ3) is 4.94. The molecule has 0 unspecified atom stereocenters. The van der Waals surface area contributed by atoms with Crippen LogP contribution < -0.4 is 5.32 Å². The summed E-state index contributed by atoms with van der Waals surface area (Å²) in [6.07, 6.45) is 1.55. The number of nitrogens with one attached hydrogen (secondary N) is 1. The van der Waals surface area contributed by atoms with Gasteiger partial charge in [0, 0.05) is 19.2 Å². The van der Waals surface area contributed by atoms with Crippen LogP contribution >= 0.6 is 0 Å². The first-order valence-electron chi connectivity index (χ1n) is 5.35. The molecule has 86 valence electrons. The van der Waals surface area contributed by atoms with Gasteiger partial charge >= 0.3 is 0 Å². The fourth-order valence-corrected chi connectivity index (χ4v) is 1.32. The summed E-state index contributed by atoms with van der Waals surface area (Å²) in [7, 11) is 1.69. The van der Waals surface area contributed by atoms with Crippen LogP contribution in [-0.4, -0.2) is 36.5 Å². The molecule has 0 amide bonds. The van der Waals surface area contributed by atoms with Crippen LogP contribution in [-0.2, 0) is 4.74 Å². The van der Waals surface area contributed by atoms with E-state index in [4.69, 9.17) is 4.74 Å². The van der Waals surface area contributed by atoms with Gasteiger partial charge in [-0.15, -0.1) is 0 Å². The lowest BCUT2D eigenvalue weighted by Gasteiger charge is -2.32. The van der Waals surface area contributed by atoms with Gasteiger partial charge in [-0.3, -0.25) is 0 Å². The number of hydrogen-bond donors (Lipinski definition) is 2. The molecule has 3 heteroatoms. The Hall–Kier alpha value is -0.120. The fraction of sp³-hybridized carbons (Fsp3) is 1.00. The summed E-state index contributed by atoms with van der Waals surface area (Å²) in [5.74, 6) is 0. The molecule has 0 aromatic rings. The Bertz CT molecular complexity index is 153. The second-order valence-electron chi connectivity index (χ2n) is 4.60. The Morgan fingerprint density at radius 3 is 2.07 bits per heavy atom. The van der Waals surface area contributed by atoms with Crippen molar-refractivity contribution in [2.75, 3.05) is 20.3 Å². The average molecular weight is 203 g/mol. The maximum Gasteiger partial charge on any atom is 0.0766 e. The molecule has 0 aromatic carbocycles. The van der Waals surface area contributed by atoms with Crippen molar-refractivity contribution in [3.05, 3.63) is 0 Å². The first-order valence-corrected chi connectivity index (χ1v) is 5.35. The third-order valence-electron chi connectivity index (χ3n) is 2.72. The molecule has 0 bridgehead atoms. The van der Waals surface area contributed by atoms with Crippen molar-refractivity contribution in [2.24, 2.45) is 0 Å². The van der Waals surface area contributed by atoms with E-state index in [1.165, 1.54) is 0 Å². The van der Waals surface area contributed by atoms with Crippen molar-refractivity contribution < 1.29 is 9.84 Å². The Morgan fingerprint density at radius 2 is 1.71 bits per heavy atom. The van der Waals surface area contributed by atoms with Gasteiger partial charge in [0.25, 0.3) is 0 Å². The number of ether oxygens (including phenoxy) is 1. The fourth-order valence-electron chi connectivity index (χ4n) is 1.32. The third-order valence-corrected chi connectivity index (χ3v) is 2.72. The molecule has 0 saturated heterocycles. The molecule has 0 saturated carbocycles. The molecular weight excluding hydrogens is 178 g/mol. The Morgan fingerprint density at radius 1 is 1.21 bits per heavy atom. The van der Waals surface area contributed by atoms with Crippen molar-refractivity contribution in [1.82, 2.24) is 5.32 Å². The molecule has 0 spiro atoms. The van der Waals surface area contributed by atoms with Crippen LogP contribution in [0, 0.1) is 0 Å². The number of β-amino-alcohol motifs (C(OH)–C–C–N with tert-alkyl or cyclic N) is 1. The van der Waals surface area contributed by atoms with Gasteiger partial charge in [-0.1, -0.05) is 13.8 Å². The molecule has 2 N–H and O–H groups in total. The van der Waals surface area contributed by atoms with Gasteiger partial charge < -0.3 is 15.2 Å². The molecule has 0 aliphatic carbocycles. The molecule has 14 heavy (non-hydrogen) atoms. The maximum absolute atomic E-state index is 10.1. The van der Waals surface area contributed by atoms with Crippen molar-refractivity contribution in [2.45, 2.75) is 51.7 Å². The summed E-state index contributed by atoms with van der Waals surface area (Å²) in [4.78, 5) is 0. The van der Waals surface area contributed by atoms with E-state index in [-0.39, 0.29) is 5.54 Å². The molecule has 0 rings (SSSR count). The zero-order valence-corrected chi connectivity index (χ0v) is 10.2. The highest BCUT2D eigenvalue weighted by Crippen LogP contribution is 2.14. The second-order valence-corrected chi connectivity index (χ2v) is 4.60. The topological polar surface area (TPSA) is 41.5 Å². The van der Waals surface area contributed by atoms with E-state index in [0.717, 1.165) is 12.8 Å². The summed E-state index contributed by atoms with van der Waals surface area (Å²) in [5, 5.41) is 13.4. The summed E-state index contributed by atoms with van der Waals surface area (Å²) in [6, 6.07) is 0. The molecular formula is C11H25NO2. The molecule has 0 atom stereocenters.